The lowest BCUT2D eigenvalue weighted by Crippen LogP contribution is -2.14. The van der Waals surface area contributed by atoms with Crippen molar-refractivity contribution in [3.8, 4) is 0 Å². The van der Waals surface area contributed by atoms with E-state index in [1.807, 2.05) is 0 Å². The molecule has 0 saturated carbocycles. The molecule has 0 aromatic carbocycles. The molecule has 0 bridgehead atoms. The number of imidazole rings is 1. The molecule has 1 unspecified atom stereocenters. The number of carbonyl (C=O) groups is 1. The minimum Gasteiger partial charge on any atom is -0.392 e. The third-order valence-corrected chi connectivity index (χ3v) is 2.68. The normalized spacial score (nSPS) is 12.3. The summed E-state index contributed by atoms with van der Waals surface area (Å²) in [5.74, 6) is 0.0649. The third kappa shape index (κ3) is 2.81. The van der Waals surface area contributed by atoms with Gasteiger partial charge in [-0.2, -0.15) is 0 Å². The lowest BCUT2D eigenvalue weighted by Gasteiger charge is -2.09. The van der Waals surface area contributed by atoms with E-state index < -0.39 is 12.8 Å². The van der Waals surface area contributed by atoms with Gasteiger partial charge in [-0.05, 0) is 6.42 Å². The maximum Gasteiger partial charge on any atom is 0.225 e. The summed E-state index contributed by atoms with van der Waals surface area (Å²) in [7, 11) is 0. The summed E-state index contributed by atoms with van der Waals surface area (Å²) in [6, 6.07) is 0. The van der Waals surface area contributed by atoms with Gasteiger partial charge in [0.1, 0.15) is 6.33 Å². The van der Waals surface area contributed by atoms with Crippen LogP contribution >= 0.6 is 0 Å². The second-order valence-corrected chi connectivity index (χ2v) is 4.09. The Morgan fingerprint density at radius 3 is 3.00 bits per heavy atom. The fourth-order valence-electron chi connectivity index (χ4n) is 1.68. The minimum absolute atomic E-state index is 0.206. The standard InChI is InChI=1S/C12H15N5O3/c1-2-3-4-8(19)16-11-10-12(14-6-13-11)17(7-15-10)9(20)5-18/h2,6-7,9,18,20H,1,3-5H2,(H,13,14,16,19). The number of nitrogens with one attached hydrogen (secondary N) is 1. The topological polar surface area (TPSA) is 113 Å². The molecular formula is C12H15N5O3. The molecule has 8 heteroatoms. The van der Waals surface area contributed by atoms with Crippen LogP contribution in [0, 0.1) is 0 Å². The highest BCUT2D eigenvalue weighted by molar-refractivity contribution is 5.96. The maximum atomic E-state index is 11.7. The maximum absolute atomic E-state index is 11.7. The number of allylic oxidation sites excluding steroid dienone is 1. The molecule has 0 aliphatic rings. The van der Waals surface area contributed by atoms with Gasteiger partial charge in [-0.1, -0.05) is 6.08 Å². The molecule has 2 aromatic rings. The second-order valence-electron chi connectivity index (χ2n) is 4.09. The molecule has 1 amide bonds. The van der Waals surface area contributed by atoms with Crippen molar-refractivity contribution in [2.75, 3.05) is 11.9 Å². The van der Waals surface area contributed by atoms with Crippen LogP contribution in [0.4, 0.5) is 5.82 Å². The number of hydrogen-bond donors (Lipinski definition) is 3. The van der Waals surface area contributed by atoms with Gasteiger partial charge >= 0.3 is 0 Å². The Morgan fingerprint density at radius 1 is 1.50 bits per heavy atom. The zero-order valence-corrected chi connectivity index (χ0v) is 10.7. The molecule has 8 nitrogen and oxygen atoms in total. The van der Waals surface area contributed by atoms with Gasteiger partial charge in [0.2, 0.25) is 5.91 Å². The SMILES string of the molecule is C=CCCC(=O)Nc1ncnc2c1ncn2C(O)CO. The van der Waals surface area contributed by atoms with Crippen LogP contribution < -0.4 is 5.32 Å². The first kappa shape index (κ1) is 14.1. The molecule has 0 spiro atoms. The average Bonchev–Trinajstić information content (AvgIpc) is 2.89. The van der Waals surface area contributed by atoms with Crippen molar-refractivity contribution in [3.63, 3.8) is 0 Å². The predicted octanol–water partition coefficient (Wildman–Crippen LogP) is 0.214. The van der Waals surface area contributed by atoms with Crippen molar-refractivity contribution in [2.24, 2.45) is 0 Å². The number of aliphatic hydroxyl groups excluding tert-OH is 2. The quantitative estimate of drug-likeness (QED) is 0.651. The number of aliphatic hydroxyl groups is 2. The summed E-state index contributed by atoms with van der Waals surface area (Å²) in [4.78, 5) is 23.7. The molecule has 3 N–H and O–H groups in total. The second kappa shape index (κ2) is 6.22. The lowest BCUT2D eigenvalue weighted by molar-refractivity contribution is -0.116. The molecular weight excluding hydrogens is 262 g/mol. The highest BCUT2D eigenvalue weighted by Crippen LogP contribution is 2.19. The molecule has 2 heterocycles. The summed E-state index contributed by atoms with van der Waals surface area (Å²) in [5.41, 5.74) is 0.688. The van der Waals surface area contributed by atoms with Crippen molar-refractivity contribution in [1.82, 2.24) is 19.5 Å². The van der Waals surface area contributed by atoms with Crippen molar-refractivity contribution in [2.45, 2.75) is 19.1 Å². The largest absolute Gasteiger partial charge is 0.392 e. The van der Waals surface area contributed by atoms with E-state index >= 15 is 0 Å². The Morgan fingerprint density at radius 2 is 2.30 bits per heavy atom. The summed E-state index contributed by atoms with van der Waals surface area (Å²) in [6.45, 7) is 3.09. The van der Waals surface area contributed by atoms with Crippen LogP contribution in [-0.4, -0.2) is 42.2 Å². The van der Waals surface area contributed by atoms with Crippen molar-refractivity contribution in [1.29, 1.82) is 0 Å². The fraction of sp³-hybridized carbons (Fsp3) is 0.333. The summed E-state index contributed by atoms with van der Waals surface area (Å²) >= 11 is 0. The van der Waals surface area contributed by atoms with Gasteiger partial charge < -0.3 is 15.5 Å². The highest BCUT2D eigenvalue weighted by atomic mass is 16.3. The first-order valence-electron chi connectivity index (χ1n) is 6.04. The van der Waals surface area contributed by atoms with Crippen LogP contribution in [0.2, 0.25) is 0 Å². The number of nitrogens with zero attached hydrogens (tertiary/aromatic N) is 4. The Hall–Kier alpha value is -2.32. The number of rotatable bonds is 6. The van der Waals surface area contributed by atoms with Crippen molar-refractivity contribution >= 4 is 22.9 Å². The zero-order chi connectivity index (χ0) is 14.5. The van der Waals surface area contributed by atoms with Gasteiger partial charge in [-0.25, -0.2) is 15.0 Å². The fourth-order valence-corrected chi connectivity index (χ4v) is 1.68. The highest BCUT2D eigenvalue weighted by Gasteiger charge is 2.15. The molecule has 106 valence electrons. The monoisotopic (exact) mass is 277 g/mol. The van der Waals surface area contributed by atoms with Gasteiger partial charge in [-0.15, -0.1) is 6.58 Å². The van der Waals surface area contributed by atoms with E-state index in [4.69, 9.17) is 5.11 Å². The van der Waals surface area contributed by atoms with E-state index in [2.05, 4.69) is 26.8 Å². The minimum atomic E-state index is -1.14. The van der Waals surface area contributed by atoms with Crippen LogP contribution in [0.25, 0.3) is 11.2 Å². The van der Waals surface area contributed by atoms with E-state index in [9.17, 15) is 9.90 Å². The number of fused-ring (bicyclic) bond motifs is 1. The summed E-state index contributed by atoms with van der Waals surface area (Å²) in [6.07, 6.45) is 3.97. The van der Waals surface area contributed by atoms with Gasteiger partial charge in [0.15, 0.2) is 23.2 Å². The molecule has 20 heavy (non-hydrogen) atoms. The number of aromatic nitrogens is 4. The van der Waals surface area contributed by atoms with Crippen molar-refractivity contribution < 1.29 is 15.0 Å². The predicted molar refractivity (Wildman–Crippen MR) is 71.7 cm³/mol. The van der Waals surface area contributed by atoms with Crippen LogP contribution in [0.1, 0.15) is 19.1 Å². The Bertz CT molecular complexity index is 625. The Labute approximate surface area is 114 Å². The van der Waals surface area contributed by atoms with E-state index in [-0.39, 0.29) is 11.7 Å². The number of amides is 1. The smallest absolute Gasteiger partial charge is 0.225 e. The number of carbonyl (C=O) groups excluding carboxylic acids is 1. The molecule has 2 rings (SSSR count). The summed E-state index contributed by atoms with van der Waals surface area (Å²) in [5, 5.41) is 21.2. The van der Waals surface area contributed by atoms with Gasteiger partial charge in [0.25, 0.3) is 0 Å². The van der Waals surface area contributed by atoms with Gasteiger partial charge in [0, 0.05) is 6.42 Å². The molecule has 0 saturated heterocycles. The van der Waals surface area contributed by atoms with Crippen molar-refractivity contribution in [3.05, 3.63) is 25.3 Å². The first-order chi connectivity index (χ1) is 9.67. The molecule has 0 radical (unpaired) electrons. The molecule has 0 fully saturated rings. The number of anilines is 1. The van der Waals surface area contributed by atoms with Crippen LogP contribution in [0.3, 0.4) is 0 Å². The van der Waals surface area contributed by atoms with E-state index in [0.29, 0.717) is 24.0 Å². The van der Waals surface area contributed by atoms with Crippen LogP contribution in [-0.2, 0) is 4.79 Å². The Kier molecular flexibility index (Phi) is 4.38. The lowest BCUT2D eigenvalue weighted by atomic mass is 10.3. The van der Waals surface area contributed by atoms with E-state index in [0.717, 1.165) is 0 Å². The average molecular weight is 277 g/mol. The molecule has 2 aromatic heterocycles. The van der Waals surface area contributed by atoms with E-state index in [1.165, 1.54) is 17.2 Å². The summed E-state index contributed by atoms with van der Waals surface area (Å²) < 4.78 is 1.30. The molecule has 1 atom stereocenters. The van der Waals surface area contributed by atoms with Crippen LogP contribution in [0.15, 0.2) is 25.3 Å². The third-order valence-electron chi connectivity index (χ3n) is 2.68. The van der Waals surface area contributed by atoms with Gasteiger partial charge in [0.05, 0.1) is 12.9 Å². The molecule has 0 aliphatic carbocycles. The van der Waals surface area contributed by atoms with Gasteiger partial charge in [-0.3, -0.25) is 9.36 Å². The zero-order valence-electron chi connectivity index (χ0n) is 10.7. The van der Waals surface area contributed by atoms with Crippen LogP contribution in [0.5, 0.6) is 0 Å². The molecule has 0 aliphatic heterocycles. The Balaban J connectivity index is 2.29. The first-order valence-corrected chi connectivity index (χ1v) is 6.04. The van der Waals surface area contributed by atoms with E-state index in [1.54, 1.807) is 6.08 Å². The number of hydrogen-bond acceptors (Lipinski definition) is 6.